The molecular formula is C14H25NO3. The van der Waals surface area contributed by atoms with Crippen molar-refractivity contribution in [3.8, 4) is 0 Å². The van der Waals surface area contributed by atoms with E-state index in [4.69, 9.17) is 4.74 Å². The molecule has 2 atom stereocenters. The third-order valence-electron chi connectivity index (χ3n) is 3.43. The van der Waals surface area contributed by atoms with Gasteiger partial charge in [0.1, 0.15) is 11.4 Å². The summed E-state index contributed by atoms with van der Waals surface area (Å²) in [7, 11) is 0. The molecule has 1 amide bonds. The average Bonchev–Trinajstić information content (AvgIpc) is 2.38. The molecule has 1 aliphatic carbocycles. The van der Waals surface area contributed by atoms with Gasteiger partial charge in [-0.2, -0.15) is 0 Å². The molecule has 18 heavy (non-hydrogen) atoms. The maximum absolute atomic E-state index is 12.1. The van der Waals surface area contributed by atoms with E-state index in [1.165, 1.54) is 0 Å². The quantitative estimate of drug-likeness (QED) is 0.825. The SMILES string of the molecule is CC(NC(=O)OC(C)(C)C)C1CCC(C)(C)C1=O. The Bertz CT molecular complexity index is 341. The minimum absolute atomic E-state index is 0.0903. The second kappa shape index (κ2) is 4.90. The number of alkyl carbamates (subject to hydrolysis) is 1. The van der Waals surface area contributed by atoms with Gasteiger partial charge in [0, 0.05) is 17.4 Å². The topological polar surface area (TPSA) is 55.4 Å². The van der Waals surface area contributed by atoms with Gasteiger partial charge >= 0.3 is 6.09 Å². The molecule has 0 spiro atoms. The lowest BCUT2D eigenvalue weighted by Gasteiger charge is -2.25. The zero-order valence-electron chi connectivity index (χ0n) is 12.3. The molecule has 0 heterocycles. The Morgan fingerprint density at radius 2 is 2.00 bits per heavy atom. The molecule has 0 aliphatic heterocycles. The molecule has 1 rings (SSSR count). The highest BCUT2D eigenvalue weighted by Gasteiger charge is 2.43. The summed E-state index contributed by atoms with van der Waals surface area (Å²) < 4.78 is 5.19. The number of ketones is 1. The summed E-state index contributed by atoms with van der Waals surface area (Å²) in [4.78, 5) is 23.8. The lowest BCUT2D eigenvalue weighted by atomic mass is 9.87. The molecule has 4 nitrogen and oxygen atoms in total. The molecule has 0 saturated heterocycles. The van der Waals surface area contributed by atoms with E-state index in [1.54, 1.807) is 0 Å². The average molecular weight is 255 g/mol. The number of hydrogen-bond acceptors (Lipinski definition) is 3. The first kappa shape index (κ1) is 15.0. The Balaban J connectivity index is 2.55. The second-order valence-corrected chi connectivity index (χ2v) is 6.83. The number of Topliss-reactive ketones (excluding diaryl/α,β-unsaturated/α-hetero) is 1. The van der Waals surface area contributed by atoms with E-state index in [-0.39, 0.29) is 23.2 Å². The molecule has 0 radical (unpaired) electrons. The van der Waals surface area contributed by atoms with Gasteiger partial charge < -0.3 is 10.1 Å². The fraction of sp³-hybridized carbons (Fsp3) is 0.857. The largest absolute Gasteiger partial charge is 0.444 e. The van der Waals surface area contributed by atoms with E-state index in [2.05, 4.69) is 5.32 Å². The first-order valence-electron chi connectivity index (χ1n) is 6.57. The molecule has 0 aromatic heterocycles. The highest BCUT2D eigenvalue weighted by Crippen LogP contribution is 2.38. The number of amides is 1. The summed E-state index contributed by atoms with van der Waals surface area (Å²) >= 11 is 0. The third-order valence-corrected chi connectivity index (χ3v) is 3.43. The highest BCUT2D eigenvalue weighted by atomic mass is 16.6. The summed E-state index contributed by atoms with van der Waals surface area (Å²) in [5.41, 5.74) is -0.767. The van der Waals surface area contributed by atoms with E-state index in [0.29, 0.717) is 0 Å². The van der Waals surface area contributed by atoms with Crippen LogP contribution in [0, 0.1) is 11.3 Å². The van der Waals surface area contributed by atoms with Crippen LogP contribution >= 0.6 is 0 Å². The Hall–Kier alpha value is -1.06. The van der Waals surface area contributed by atoms with Crippen molar-refractivity contribution in [2.75, 3.05) is 0 Å². The molecular weight excluding hydrogens is 230 g/mol. The summed E-state index contributed by atoms with van der Waals surface area (Å²) in [6.07, 6.45) is 1.27. The molecule has 4 heteroatoms. The summed E-state index contributed by atoms with van der Waals surface area (Å²) in [6.45, 7) is 11.3. The van der Waals surface area contributed by atoms with Gasteiger partial charge in [0.15, 0.2) is 0 Å². The van der Waals surface area contributed by atoms with Crippen LogP contribution in [-0.4, -0.2) is 23.5 Å². The van der Waals surface area contributed by atoms with Crippen LogP contribution in [0.5, 0.6) is 0 Å². The van der Waals surface area contributed by atoms with Gasteiger partial charge in [-0.25, -0.2) is 4.79 Å². The van der Waals surface area contributed by atoms with E-state index >= 15 is 0 Å². The Kier molecular flexibility index (Phi) is 4.08. The van der Waals surface area contributed by atoms with Crippen LogP contribution < -0.4 is 5.32 Å². The fourth-order valence-electron chi connectivity index (χ4n) is 2.34. The summed E-state index contributed by atoms with van der Waals surface area (Å²) in [5.74, 6) is 0.151. The number of rotatable bonds is 2. The lowest BCUT2D eigenvalue weighted by molar-refractivity contribution is -0.128. The third kappa shape index (κ3) is 3.72. The van der Waals surface area contributed by atoms with Gasteiger partial charge in [-0.15, -0.1) is 0 Å². The van der Waals surface area contributed by atoms with Crippen molar-refractivity contribution in [3.63, 3.8) is 0 Å². The van der Waals surface area contributed by atoms with Crippen LogP contribution in [0.4, 0.5) is 4.79 Å². The minimum atomic E-state index is -0.511. The van der Waals surface area contributed by atoms with Crippen LogP contribution in [0.3, 0.4) is 0 Å². The van der Waals surface area contributed by atoms with Crippen molar-refractivity contribution in [3.05, 3.63) is 0 Å². The number of hydrogen-bond donors (Lipinski definition) is 1. The number of carbonyl (C=O) groups excluding carboxylic acids is 2. The van der Waals surface area contributed by atoms with E-state index in [9.17, 15) is 9.59 Å². The Morgan fingerprint density at radius 1 is 1.44 bits per heavy atom. The van der Waals surface area contributed by atoms with E-state index < -0.39 is 11.7 Å². The minimum Gasteiger partial charge on any atom is -0.444 e. The normalized spacial score (nSPS) is 24.8. The molecule has 0 aromatic rings. The molecule has 0 aromatic carbocycles. The standard InChI is InChI=1S/C14H25NO3/c1-9(15-12(17)18-13(2,3)4)10-7-8-14(5,6)11(10)16/h9-10H,7-8H2,1-6H3,(H,15,17). The zero-order valence-corrected chi connectivity index (χ0v) is 12.3. The maximum Gasteiger partial charge on any atom is 0.407 e. The lowest BCUT2D eigenvalue weighted by Crippen LogP contribution is -2.43. The van der Waals surface area contributed by atoms with Crippen LogP contribution in [0.2, 0.25) is 0 Å². The van der Waals surface area contributed by atoms with Crippen molar-refractivity contribution in [2.45, 2.75) is 66.0 Å². The number of nitrogens with one attached hydrogen (secondary N) is 1. The summed E-state index contributed by atoms with van der Waals surface area (Å²) in [5, 5.41) is 2.76. The van der Waals surface area contributed by atoms with Gasteiger partial charge in [0.05, 0.1) is 0 Å². The first-order valence-corrected chi connectivity index (χ1v) is 6.57. The molecule has 0 bridgehead atoms. The molecule has 104 valence electrons. The number of ether oxygens (including phenoxy) is 1. The zero-order chi connectivity index (χ0) is 14.1. The molecule has 1 saturated carbocycles. The van der Waals surface area contributed by atoms with Crippen molar-refractivity contribution < 1.29 is 14.3 Å². The maximum atomic E-state index is 12.1. The summed E-state index contributed by atoms with van der Waals surface area (Å²) in [6, 6.07) is -0.172. The van der Waals surface area contributed by atoms with Crippen molar-refractivity contribution in [1.29, 1.82) is 0 Å². The van der Waals surface area contributed by atoms with Crippen molar-refractivity contribution >= 4 is 11.9 Å². The van der Waals surface area contributed by atoms with Gasteiger partial charge in [0.2, 0.25) is 0 Å². The molecule has 2 unspecified atom stereocenters. The molecule has 1 fully saturated rings. The van der Waals surface area contributed by atoms with Gasteiger partial charge in [-0.1, -0.05) is 13.8 Å². The van der Waals surface area contributed by atoms with Gasteiger partial charge in [-0.05, 0) is 40.5 Å². The first-order chi connectivity index (χ1) is 8.03. The van der Waals surface area contributed by atoms with Gasteiger partial charge in [0.25, 0.3) is 0 Å². The fourth-order valence-corrected chi connectivity index (χ4v) is 2.34. The van der Waals surface area contributed by atoms with E-state index in [0.717, 1.165) is 12.8 Å². The molecule has 1 aliphatic rings. The smallest absolute Gasteiger partial charge is 0.407 e. The highest BCUT2D eigenvalue weighted by molar-refractivity contribution is 5.89. The van der Waals surface area contributed by atoms with Crippen molar-refractivity contribution in [1.82, 2.24) is 5.32 Å². The molecule has 1 N–H and O–H groups in total. The Morgan fingerprint density at radius 3 is 2.39 bits per heavy atom. The number of carbonyl (C=O) groups is 2. The van der Waals surface area contributed by atoms with Crippen LogP contribution in [0.25, 0.3) is 0 Å². The monoisotopic (exact) mass is 255 g/mol. The van der Waals surface area contributed by atoms with Crippen LogP contribution in [0.1, 0.15) is 54.4 Å². The van der Waals surface area contributed by atoms with Crippen LogP contribution in [-0.2, 0) is 9.53 Å². The van der Waals surface area contributed by atoms with E-state index in [1.807, 2.05) is 41.5 Å². The predicted molar refractivity (Wildman–Crippen MR) is 70.3 cm³/mol. The Labute approximate surface area is 109 Å². The van der Waals surface area contributed by atoms with Gasteiger partial charge in [-0.3, -0.25) is 4.79 Å². The van der Waals surface area contributed by atoms with Crippen molar-refractivity contribution in [2.24, 2.45) is 11.3 Å². The predicted octanol–water partition coefficient (Wildman–Crippen LogP) is 2.90. The second-order valence-electron chi connectivity index (χ2n) is 6.83. The van der Waals surface area contributed by atoms with Crippen LogP contribution in [0.15, 0.2) is 0 Å².